The van der Waals surface area contributed by atoms with Crippen LogP contribution in [0.3, 0.4) is 0 Å². The van der Waals surface area contributed by atoms with Gasteiger partial charge in [-0.15, -0.1) is 0 Å². The number of alkyl carbamates (subject to hydrolysis) is 1. The van der Waals surface area contributed by atoms with E-state index in [0.29, 0.717) is 0 Å². The van der Waals surface area contributed by atoms with Crippen LogP contribution in [0.4, 0.5) is 4.79 Å². The maximum atomic E-state index is 12.2. The lowest BCUT2D eigenvalue weighted by Gasteiger charge is -2.20. The predicted molar refractivity (Wildman–Crippen MR) is 90.3 cm³/mol. The van der Waals surface area contributed by atoms with E-state index in [2.05, 4.69) is 5.32 Å². The Morgan fingerprint density at radius 2 is 1.54 bits per heavy atom. The van der Waals surface area contributed by atoms with Gasteiger partial charge >= 0.3 is 13.7 Å². The first-order chi connectivity index (χ1) is 11.5. The van der Waals surface area contributed by atoms with Crippen LogP contribution in [-0.4, -0.2) is 16.8 Å². The normalized spacial score (nSPS) is 14.4. The molecule has 0 aliphatic rings. The maximum absolute atomic E-state index is 12.2. The highest BCUT2D eigenvalue weighted by Crippen LogP contribution is 2.46. The van der Waals surface area contributed by atoms with Gasteiger partial charge in [-0.05, 0) is 18.1 Å². The van der Waals surface area contributed by atoms with Crippen molar-refractivity contribution in [2.45, 2.75) is 25.9 Å². The fourth-order valence-electron chi connectivity index (χ4n) is 1.87. The fourth-order valence-corrected chi connectivity index (χ4v) is 2.70. The highest BCUT2D eigenvalue weighted by Gasteiger charge is 2.30. The molecule has 0 radical (unpaired) electrons. The number of carbonyl (C=O) groups is 1. The fraction of sp³-hybridized carbons (Fsp3) is 0.235. The highest BCUT2D eigenvalue weighted by molar-refractivity contribution is 7.53. The molecule has 2 unspecified atom stereocenters. The lowest BCUT2D eigenvalue weighted by atomic mass is 10.2. The van der Waals surface area contributed by atoms with E-state index < -0.39 is 19.5 Å². The zero-order valence-electron chi connectivity index (χ0n) is 13.3. The van der Waals surface area contributed by atoms with Crippen LogP contribution in [0.2, 0.25) is 0 Å². The molecule has 2 N–H and O–H groups in total. The second kappa shape index (κ2) is 8.64. The van der Waals surface area contributed by atoms with Gasteiger partial charge in [0.2, 0.25) is 0 Å². The summed E-state index contributed by atoms with van der Waals surface area (Å²) in [5.41, 5.74) is 1.60. The number of nitrogens with one attached hydrogen (secondary N) is 1. The zero-order chi connectivity index (χ0) is 17.4. The first-order valence-electron chi connectivity index (χ1n) is 7.45. The molecule has 0 bridgehead atoms. The first-order valence-corrected chi connectivity index (χ1v) is 9.10. The smallest absolute Gasteiger partial charge is 0.408 e. The largest absolute Gasteiger partial charge is 0.445 e. The van der Waals surface area contributed by atoms with Crippen molar-refractivity contribution in [2.75, 3.05) is 0 Å². The van der Waals surface area contributed by atoms with Crippen LogP contribution in [-0.2, 0) is 27.0 Å². The Hall–Kier alpha value is -2.14. The molecule has 0 saturated carbocycles. The minimum atomic E-state index is -4.01. The van der Waals surface area contributed by atoms with Crippen molar-refractivity contribution < 1.29 is 23.5 Å². The number of carbonyl (C=O) groups excluding carboxylic acids is 1. The molecule has 128 valence electrons. The van der Waals surface area contributed by atoms with E-state index in [-0.39, 0.29) is 13.2 Å². The van der Waals surface area contributed by atoms with Gasteiger partial charge in [0, 0.05) is 0 Å². The monoisotopic (exact) mass is 349 g/mol. The Labute approximate surface area is 141 Å². The maximum Gasteiger partial charge on any atom is 0.408 e. The molecule has 2 aromatic carbocycles. The molecule has 0 saturated heterocycles. The lowest BCUT2D eigenvalue weighted by Crippen LogP contribution is -2.33. The SMILES string of the molecule is CC(NC(=O)OCc1ccccc1)P(=O)(O)OCc1ccccc1. The average Bonchev–Trinajstić information content (AvgIpc) is 2.60. The summed E-state index contributed by atoms with van der Waals surface area (Å²) in [5, 5.41) is 2.33. The Bertz CT molecular complexity index is 693. The summed E-state index contributed by atoms with van der Waals surface area (Å²) in [5.74, 6) is -1.08. The Morgan fingerprint density at radius 1 is 1.04 bits per heavy atom. The highest BCUT2D eigenvalue weighted by atomic mass is 31.2. The molecular weight excluding hydrogens is 329 g/mol. The predicted octanol–water partition coefficient (Wildman–Crippen LogP) is 3.66. The number of ether oxygens (including phenoxy) is 1. The van der Waals surface area contributed by atoms with Gasteiger partial charge in [-0.25, -0.2) is 4.79 Å². The topological polar surface area (TPSA) is 84.9 Å². The number of rotatable bonds is 7. The molecule has 7 heteroatoms. The summed E-state index contributed by atoms with van der Waals surface area (Å²) in [6.07, 6.45) is -0.774. The molecular formula is C17H20NO5P. The summed E-state index contributed by atoms with van der Waals surface area (Å²) in [6.45, 7) is 1.47. The van der Waals surface area contributed by atoms with Crippen molar-refractivity contribution >= 4 is 13.7 Å². The van der Waals surface area contributed by atoms with Gasteiger partial charge in [0.05, 0.1) is 6.61 Å². The van der Waals surface area contributed by atoms with Gasteiger partial charge < -0.3 is 19.5 Å². The van der Waals surface area contributed by atoms with Gasteiger partial charge in [-0.2, -0.15) is 0 Å². The van der Waals surface area contributed by atoms with E-state index in [4.69, 9.17) is 9.26 Å². The number of hydrogen-bond acceptors (Lipinski definition) is 4. The van der Waals surface area contributed by atoms with Crippen molar-refractivity contribution in [3.05, 3.63) is 71.8 Å². The van der Waals surface area contributed by atoms with Crippen LogP contribution in [0.5, 0.6) is 0 Å². The van der Waals surface area contributed by atoms with Crippen LogP contribution < -0.4 is 5.32 Å². The molecule has 0 spiro atoms. The number of hydrogen-bond donors (Lipinski definition) is 2. The zero-order valence-corrected chi connectivity index (χ0v) is 14.2. The first kappa shape index (κ1) is 18.2. The Kier molecular flexibility index (Phi) is 6.55. The summed E-state index contributed by atoms with van der Waals surface area (Å²) in [6, 6.07) is 18.2. The van der Waals surface area contributed by atoms with Crippen molar-refractivity contribution in [1.29, 1.82) is 0 Å². The van der Waals surface area contributed by atoms with E-state index in [9.17, 15) is 14.3 Å². The van der Waals surface area contributed by atoms with Gasteiger partial charge in [-0.3, -0.25) is 4.57 Å². The number of benzene rings is 2. The summed E-state index contributed by atoms with van der Waals surface area (Å²) < 4.78 is 22.3. The lowest BCUT2D eigenvalue weighted by molar-refractivity contribution is 0.136. The standard InChI is InChI=1S/C17H20NO5P/c1-14(18-17(19)22-12-15-8-4-2-5-9-15)24(20,21)23-13-16-10-6-3-7-11-16/h2-11,14H,12-13H2,1H3,(H,18,19)(H,20,21). The average molecular weight is 349 g/mol. The van der Waals surface area contributed by atoms with Gasteiger partial charge in [-0.1, -0.05) is 60.7 Å². The molecule has 6 nitrogen and oxygen atoms in total. The Morgan fingerprint density at radius 3 is 2.08 bits per heavy atom. The third-order valence-corrected chi connectivity index (χ3v) is 4.89. The summed E-state index contributed by atoms with van der Waals surface area (Å²) in [4.78, 5) is 21.7. The molecule has 2 aromatic rings. The molecule has 0 aromatic heterocycles. The minimum Gasteiger partial charge on any atom is -0.445 e. The molecule has 24 heavy (non-hydrogen) atoms. The van der Waals surface area contributed by atoms with Crippen LogP contribution in [0.25, 0.3) is 0 Å². The van der Waals surface area contributed by atoms with Crippen molar-refractivity contribution in [3.63, 3.8) is 0 Å². The van der Waals surface area contributed by atoms with Crippen LogP contribution in [0, 0.1) is 0 Å². The summed E-state index contributed by atoms with van der Waals surface area (Å²) in [7, 11) is -4.01. The molecule has 0 aliphatic carbocycles. The molecule has 0 fully saturated rings. The van der Waals surface area contributed by atoms with Gasteiger partial charge in [0.25, 0.3) is 0 Å². The van der Waals surface area contributed by atoms with E-state index in [0.717, 1.165) is 11.1 Å². The third-order valence-electron chi connectivity index (χ3n) is 3.29. The van der Waals surface area contributed by atoms with E-state index >= 15 is 0 Å². The second-order valence-electron chi connectivity index (χ2n) is 5.21. The van der Waals surface area contributed by atoms with Crippen LogP contribution >= 0.6 is 7.60 Å². The quantitative estimate of drug-likeness (QED) is 0.745. The van der Waals surface area contributed by atoms with E-state index in [1.54, 1.807) is 12.1 Å². The van der Waals surface area contributed by atoms with Gasteiger partial charge in [0.1, 0.15) is 12.4 Å². The minimum absolute atomic E-state index is 0.0142. The molecule has 2 atom stereocenters. The summed E-state index contributed by atoms with van der Waals surface area (Å²) >= 11 is 0. The van der Waals surface area contributed by atoms with E-state index in [1.165, 1.54) is 6.92 Å². The van der Waals surface area contributed by atoms with E-state index in [1.807, 2.05) is 48.5 Å². The third kappa shape index (κ3) is 5.81. The van der Waals surface area contributed by atoms with Crippen LogP contribution in [0.15, 0.2) is 60.7 Å². The van der Waals surface area contributed by atoms with Crippen molar-refractivity contribution in [3.8, 4) is 0 Å². The van der Waals surface area contributed by atoms with Crippen molar-refractivity contribution in [1.82, 2.24) is 5.32 Å². The van der Waals surface area contributed by atoms with Crippen LogP contribution in [0.1, 0.15) is 18.1 Å². The second-order valence-corrected chi connectivity index (χ2v) is 7.37. The van der Waals surface area contributed by atoms with Crippen molar-refractivity contribution in [2.24, 2.45) is 0 Å². The Balaban J connectivity index is 1.80. The molecule has 1 amide bonds. The molecule has 2 rings (SSSR count). The number of amides is 1. The molecule has 0 aliphatic heterocycles. The van der Waals surface area contributed by atoms with Gasteiger partial charge in [0.15, 0.2) is 0 Å². The molecule has 0 heterocycles.